The quantitative estimate of drug-likeness (QED) is 0.497. The van der Waals surface area contributed by atoms with Crippen LogP contribution in [0.1, 0.15) is 29.8 Å². The molecule has 1 atom stereocenters. The normalized spacial score (nSPS) is 13.4. The molecule has 0 fully saturated rings. The average Bonchev–Trinajstić information content (AvgIpc) is 3.44. The van der Waals surface area contributed by atoms with Crippen molar-refractivity contribution in [1.82, 2.24) is 20.4 Å². The Balaban J connectivity index is 1.70. The predicted octanol–water partition coefficient (Wildman–Crippen LogP) is 3.50. The highest BCUT2D eigenvalue weighted by atomic mass is 16.6. The van der Waals surface area contributed by atoms with Crippen LogP contribution in [0.2, 0.25) is 0 Å². The summed E-state index contributed by atoms with van der Waals surface area (Å²) < 4.78 is 16.6. The Morgan fingerprint density at radius 2 is 1.52 bits per heavy atom. The molecule has 2 heterocycles. The molecule has 0 radical (unpaired) electrons. The van der Waals surface area contributed by atoms with Crippen molar-refractivity contribution in [2.24, 2.45) is 0 Å². The molecule has 4 rings (SSSR count). The first-order valence-electron chi connectivity index (χ1n) is 9.16. The summed E-state index contributed by atoms with van der Waals surface area (Å²) in [5, 5.41) is 27.0. The molecule has 0 bridgehead atoms. The first-order chi connectivity index (χ1) is 14.0. The highest BCUT2D eigenvalue weighted by Crippen LogP contribution is 2.33. The lowest BCUT2D eigenvalue weighted by Crippen LogP contribution is -2.30. The van der Waals surface area contributed by atoms with Gasteiger partial charge in [-0.05, 0) is 37.1 Å². The number of aromatic nitrogens is 4. The zero-order valence-corrected chi connectivity index (χ0v) is 16.3. The minimum Gasteiger partial charge on any atom is -0.415 e. The van der Waals surface area contributed by atoms with Gasteiger partial charge in [0.15, 0.2) is 0 Å². The molecule has 1 N–H and O–H groups in total. The molecule has 2 aromatic carbocycles. The molecule has 1 unspecified atom stereocenters. The lowest BCUT2D eigenvalue weighted by molar-refractivity contribution is -0.190. The van der Waals surface area contributed by atoms with Crippen LogP contribution in [0.5, 0.6) is 0 Å². The van der Waals surface area contributed by atoms with Gasteiger partial charge in [0.25, 0.3) is 11.8 Å². The summed E-state index contributed by atoms with van der Waals surface area (Å²) in [6.07, 6.45) is 0.798. The number of rotatable bonds is 6. The summed E-state index contributed by atoms with van der Waals surface area (Å²) >= 11 is 0. The van der Waals surface area contributed by atoms with E-state index < -0.39 is 5.79 Å². The Morgan fingerprint density at radius 3 is 2.17 bits per heavy atom. The van der Waals surface area contributed by atoms with Gasteiger partial charge in [-0.25, -0.2) is 0 Å². The molecule has 0 spiro atoms. The number of hydrogen-bond acceptors (Lipinski definition) is 8. The first kappa shape index (κ1) is 19.0. The van der Waals surface area contributed by atoms with Gasteiger partial charge in [-0.15, -0.1) is 20.4 Å². The molecule has 0 saturated carbocycles. The van der Waals surface area contributed by atoms with Gasteiger partial charge in [0.05, 0.1) is 0 Å². The van der Waals surface area contributed by atoms with Crippen molar-refractivity contribution < 1.29 is 18.7 Å². The summed E-state index contributed by atoms with van der Waals surface area (Å²) in [6, 6.07) is 15.2. The first-order valence-corrected chi connectivity index (χ1v) is 9.16. The molecule has 148 valence electrons. The molecule has 29 heavy (non-hydrogen) atoms. The van der Waals surface area contributed by atoms with Crippen molar-refractivity contribution in [1.29, 1.82) is 0 Å². The van der Waals surface area contributed by atoms with E-state index >= 15 is 0 Å². The number of benzene rings is 2. The fourth-order valence-electron chi connectivity index (χ4n) is 2.95. The number of aryl methyl sites for hydroxylation is 2. The highest BCUT2D eigenvalue weighted by Gasteiger charge is 2.44. The number of nitrogens with zero attached hydrogens (tertiary/aromatic N) is 4. The Bertz CT molecular complexity index is 1120. The van der Waals surface area contributed by atoms with Gasteiger partial charge in [0.1, 0.15) is 0 Å². The molecule has 2 aromatic heterocycles. The summed E-state index contributed by atoms with van der Waals surface area (Å²) in [6.45, 7) is 4.02. The van der Waals surface area contributed by atoms with Gasteiger partial charge < -0.3 is 18.7 Å². The van der Waals surface area contributed by atoms with E-state index in [0.29, 0.717) is 0 Å². The minimum atomic E-state index is -2.16. The van der Waals surface area contributed by atoms with Crippen molar-refractivity contribution in [3.63, 3.8) is 0 Å². The third-order valence-electron chi connectivity index (χ3n) is 4.65. The molecular formula is C21H20N4O4. The second kappa shape index (κ2) is 7.57. The number of hydrogen-bond donors (Lipinski definition) is 1. The molecule has 8 nitrogen and oxygen atoms in total. The van der Waals surface area contributed by atoms with Crippen LogP contribution in [0.25, 0.3) is 22.9 Å². The standard InChI is InChI=1S/C21H20N4O4/c1-4-14-7-5-6-8-16(14)18-23-25-20(29-18)21(26,27-3)19-24-22-17(28-19)15-11-9-13(2)10-12-15/h5-12,26H,4H2,1-3H3. The van der Waals surface area contributed by atoms with E-state index in [0.717, 1.165) is 28.7 Å². The topological polar surface area (TPSA) is 107 Å². The number of ether oxygens (including phenoxy) is 1. The molecule has 4 aromatic rings. The Labute approximate surface area is 167 Å². The molecule has 0 aliphatic heterocycles. The van der Waals surface area contributed by atoms with Crippen LogP contribution in [0.4, 0.5) is 0 Å². The summed E-state index contributed by atoms with van der Waals surface area (Å²) in [7, 11) is 1.29. The van der Waals surface area contributed by atoms with Gasteiger partial charge in [0, 0.05) is 18.2 Å². The molecule has 0 aliphatic rings. The Morgan fingerprint density at radius 1 is 0.897 bits per heavy atom. The maximum Gasteiger partial charge on any atom is 0.327 e. The van der Waals surface area contributed by atoms with Crippen LogP contribution in [0, 0.1) is 6.92 Å². The molecule has 0 saturated heterocycles. The predicted molar refractivity (Wildman–Crippen MR) is 104 cm³/mol. The van der Waals surface area contributed by atoms with Crippen LogP contribution in [0.15, 0.2) is 57.4 Å². The van der Waals surface area contributed by atoms with E-state index in [1.165, 1.54) is 7.11 Å². The molecule has 0 amide bonds. The third-order valence-corrected chi connectivity index (χ3v) is 4.65. The minimum absolute atomic E-state index is 0.194. The fourth-order valence-corrected chi connectivity index (χ4v) is 2.95. The van der Waals surface area contributed by atoms with Crippen molar-refractivity contribution >= 4 is 0 Å². The zero-order valence-electron chi connectivity index (χ0n) is 16.3. The largest absolute Gasteiger partial charge is 0.415 e. The van der Waals surface area contributed by atoms with E-state index in [9.17, 15) is 5.11 Å². The lowest BCUT2D eigenvalue weighted by atomic mass is 10.1. The van der Waals surface area contributed by atoms with Crippen molar-refractivity contribution in [2.75, 3.05) is 7.11 Å². The monoisotopic (exact) mass is 392 g/mol. The van der Waals surface area contributed by atoms with Gasteiger partial charge >= 0.3 is 5.79 Å². The molecular weight excluding hydrogens is 372 g/mol. The second-order valence-corrected chi connectivity index (χ2v) is 6.55. The van der Waals surface area contributed by atoms with Gasteiger partial charge in [0.2, 0.25) is 11.8 Å². The zero-order chi connectivity index (χ0) is 20.4. The second-order valence-electron chi connectivity index (χ2n) is 6.55. The van der Waals surface area contributed by atoms with Crippen molar-refractivity contribution in [3.05, 3.63) is 71.4 Å². The van der Waals surface area contributed by atoms with Crippen LogP contribution in [0.3, 0.4) is 0 Å². The Hall–Kier alpha value is -3.36. The van der Waals surface area contributed by atoms with Gasteiger partial charge in [-0.1, -0.05) is 42.8 Å². The molecule has 8 heteroatoms. The highest BCUT2D eigenvalue weighted by molar-refractivity contribution is 5.58. The maximum atomic E-state index is 11.0. The van der Waals surface area contributed by atoms with E-state index in [-0.39, 0.29) is 23.6 Å². The average molecular weight is 392 g/mol. The van der Waals surface area contributed by atoms with Crippen LogP contribution < -0.4 is 0 Å². The Kier molecular flexibility index (Phi) is 4.96. The van der Waals surface area contributed by atoms with Gasteiger partial charge in [-0.2, -0.15) is 0 Å². The van der Waals surface area contributed by atoms with Gasteiger partial charge in [-0.3, -0.25) is 0 Å². The smallest absolute Gasteiger partial charge is 0.327 e. The van der Waals surface area contributed by atoms with Crippen LogP contribution in [-0.2, 0) is 16.9 Å². The van der Waals surface area contributed by atoms with E-state index in [1.807, 2.05) is 62.4 Å². The van der Waals surface area contributed by atoms with Crippen LogP contribution >= 0.6 is 0 Å². The van der Waals surface area contributed by atoms with E-state index in [2.05, 4.69) is 20.4 Å². The lowest BCUT2D eigenvalue weighted by Gasteiger charge is -2.17. The number of methoxy groups -OCH3 is 1. The van der Waals surface area contributed by atoms with Crippen molar-refractivity contribution in [3.8, 4) is 22.9 Å². The summed E-state index contributed by atoms with van der Waals surface area (Å²) in [4.78, 5) is 0. The van der Waals surface area contributed by atoms with Crippen LogP contribution in [-0.4, -0.2) is 32.6 Å². The molecule has 0 aliphatic carbocycles. The van der Waals surface area contributed by atoms with E-state index in [1.54, 1.807) is 0 Å². The summed E-state index contributed by atoms with van der Waals surface area (Å²) in [5.74, 6) is -2.05. The fraction of sp³-hybridized carbons (Fsp3) is 0.238. The third kappa shape index (κ3) is 3.43. The summed E-state index contributed by atoms with van der Waals surface area (Å²) in [5.41, 5.74) is 3.66. The van der Waals surface area contributed by atoms with Crippen molar-refractivity contribution in [2.45, 2.75) is 26.1 Å². The maximum absolute atomic E-state index is 11.0. The SMILES string of the molecule is CCc1ccccc1-c1nnc(C(O)(OC)c2nnc(-c3ccc(C)cc3)o2)o1. The van der Waals surface area contributed by atoms with E-state index in [4.69, 9.17) is 13.6 Å². The number of aliphatic hydroxyl groups is 1.